The average molecular weight is 318 g/mol. The standard InChI is InChI=1S/C18H17ClFNO/c1-12(2)21-18(22)17(14-5-9-16(20)10-6-14)11-13-3-7-15(19)8-4-13/h3-12H,1-2H3,(H,21,22)/b17-11-. The molecule has 0 aromatic heterocycles. The highest BCUT2D eigenvalue weighted by Gasteiger charge is 2.13. The number of nitrogens with one attached hydrogen (secondary N) is 1. The second kappa shape index (κ2) is 7.23. The van der Waals surface area contributed by atoms with Crippen LogP contribution in [0, 0.1) is 5.82 Å². The molecule has 0 aliphatic rings. The van der Waals surface area contributed by atoms with Crippen LogP contribution >= 0.6 is 11.6 Å². The van der Waals surface area contributed by atoms with Crippen LogP contribution in [0.1, 0.15) is 25.0 Å². The van der Waals surface area contributed by atoms with Gasteiger partial charge in [0, 0.05) is 16.6 Å². The maximum atomic E-state index is 13.1. The van der Waals surface area contributed by atoms with Gasteiger partial charge in [0.05, 0.1) is 0 Å². The highest BCUT2D eigenvalue weighted by molar-refractivity contribution is 6.30. The van der Waals surface area contributed by atoms with E-state index in [-0.39, 0.29) is 17.8 Å². The van der Waals surface area contributed by atoms with Crippen LogP contribution in [0.15, 0.2) is 48.5 Å². The van der Waals surface area contributed by atoms with E-state index in [4.69, 9.17) is 11.6 Å². The molecule has 2 nitrogen and oxygen atoms in total. The van der Waals surface area contributed by atoms with Gasteiger partial charge in [0.15, 0.2) is 0 Å². The predicted octanol–water partition coefficient (Wildman–Crippen LogP) is 4.54. The summed E-state index contributed by atoms with van der Waals surface area (Å²) in [6.07, 6.45) is 1.77. The molecule has 1 N–H and O–H groups in total. The Balaban J connectivity index is 2.42. The van der Waals surface area contributed by atoms with Crippen LogP contribution in [0.2, 0.25) is 5.02 Å². The van der Waals surface area contributed by atoms with E-state index in [0.29, 0.717) is 16.2 Å². The molecule has 0 radical (unpaired) electrons. The smallest absolute Gasteiger partial charge is 0.252 e. The topological polar surface area (TPSA) is 29.1 Å². The second-order valence-corrected chi connectivity index (χ2v) is 5.68. The first-order chi connectivity index (χ1) is 10.5. The normalized spacial score (nSPS) is 11.6. The zero-order chi connectivity index (χ0) is 16.1. The number of amides is 1. The molecule has 1 amide bonds. The molecule has 22 heavy (non-hydrogen) atoms. The number of carbonyl (C=O) groups excluding carboxylic acids is 1. The Kier molecular flexibility index (Phi) is 5.34. The van der Waals surface area contributed by atoms with Crippen molar-refractivity contribution in [3.8, 4) is 0 Å². The van der Waals surface area contributed by atoms with E-state index in [1.165, 1.54) is 12.1 Å². The van der Waals surface area contributed by atoms with Gasteiger partial charge in [0.2, 0.25) is 0 Å². The lowest BCUT2D eigenvalue weighted by Gasteiger charge is -2.12. The molecular formula is C18H17ClFNO. The molecule has 2 aromatic rings. The van der Waals surface area contributed by atoms with Crippen molar-refractivity contribution in [3.05, 3.63) is 70.5 Å². The summed E-state index contributed by atoms with van der Waals surface area (Å²) >= 11 is 5.87. The van der Waals surface area contributed by atoms with E-state index in [1.54, 1.807) is 30.3 Å². The molecule has 0 heterocycles. The van der Waals surface area contributed by atoms with Gasteiger partial charge < -0.3 is 5.32 Å². The van der Waals surface area contributed by atoms with Crippen LogP contribution in [0.3, 0.4) is 0 Å². The van der Waals surface area contributed by atoms with Crippen molar-refractivity contribution in [2.24, 2.45) is 0 Å². The Labute approximate surface area is 134 Å². The molecule has 2 rings (SSSR count). The van der Waals surface area contributed by atoms with E-state index in [1.807, 2.05) is 26.0 Å². The maximum Gasteiger partial charge on any atom is 0.252 e. The van der Waals surface area contributed by atoms with Crippen LogP contribution in [-0.2, 0) is 4.79 Å². The lowest BCUT2D eigenvalue weighted by atomic mass is 10.0. The molecule has 0 aliphatic carbocycles. The minimum Gasteiger partial charge on any atom is -0.350 e. The third-order valence-electron chi connectivity index (χ3n) is 3.00. The predicted molar refractivity (Wildman–Crippen MR) is 89.0 cm³/mol. The van der Waals surface area contributed by atoms with Crippen LogP contribution in [0.25, 0.3) is 11.6 Å². The fraction of sp³-hybridized carbons (Fsp3) is 0.167. The van der Waals surface area contributed by atoms with Crippen molar-refractivity contribution in [2.75, 3.05) is 0 Å². The molecule has 2 aromatic carbocycles. The van der Waals surface area contributed by atoms with Crippen LogP contribution < -0.4 is 5.32 Å². The number of halogens is 2. The fourth-order valence-corrected chi connectivity index (χ4v) is 2.10. The van der Waals surface area contributed by atoms with Crippen molar-refractivity contribution in [1.82, 2.24) is 5.32 Å². The Morgan fingerprint density at radius 1 is 1.09 bits per heavy atom. The minimum absolute atomic E-state index is 0.0153. The summed E-state index contributed by atoms with van der Waals surface area (Å²) in [6.45, 7) is 3.78. The number of carbonyl (C=O) groups is 1. The van der Waals surface area contributed by atoms with Crippen LogP contribution in [-0.4, -0.2) is 11.9 Å². The minimum atomic E-state index is -0.334. The first kappa shape index (κ1) is 16.2. The first-order valence-corrected chi connectivity index (χ1v) is 7.37. The van der Waals surface area contributed by atoms with E-state index < -0.39 is 0 Å². The molecule has 0 bridgehead atoms. The van der Waals surface area contributed by atoms with Gasteiger partial charge in [-0.2, -0.15) is 0 Å². The van der Waals surface area contributed by atoms with Gasteiger partial charge in [0.25, 0.3) is 5.91 Å². The summed E-state index contributed by atoms with van der Waals surface area (Å²) in [5.74, 6) is -0.532. The molecule has 0 aliphatic heterocycles. The molecule has 0 spiro atoms. The van der Waals surface area contributed by atoms with Gasteiger partial charge in [-0.1, -0.05) is 35.9 Å². The third-order valence-corrected chi connectivity index (χ3v) is 3.25. The SMILES string of the molecule is CC(C)NC(=O)/C(=C\c1ccc(Cl)cc1)c1ccc(F)cc1. The van der Waals surface area contributed by atoms with Crippen molar-refractivity contribution >= 4 is 29.2 Å². The summed E-state index contributed by atoms with van der Waals surface area (Å²) in [7, 11) is 0. The van der Waals surface area contributed by atoms with Crippen molar-refractivity contribution in [3.63, 3.8) is 0 Å². The lowest BCUT2D eigenvalue weighted by molar-refractivity contribution is -0.116. The number of benzene rings is 2. The van der Waals surface area contributed by atoms with Crippen LogP contribution in [0.4, 0.5) is 4.39 Å². The Morgan fingerprint density at radius 2 is 1.68 bits per heavy atom. The molecule has 0 saturated carbocycles. The van der Waals surface area contributed by atoms with E-state index in [2.05, 4.69) is 5.32 Å². The van der Waals surface area contributed by atoms with Crippen molar-refractivity contribution in [1.29, 1.82) is 0 Å². The van der Waals surface area contributed by atoms with Gasteiger partial charge >= 0.3 is 0 Å². The highest BCUT2D eigenvalue weighted by Crippen LogP contribution is 2.20. The van der Waals surface area contributed by atoms with Crippen molar-refractivity contribution in [2.45, 2.75) is 19.9 Å². The summed E-state index contributed by atoms with van der Waals surface area (Å²) in [4.78, 5) is 12.4. The zero-order valence-electron chi connectivity index (χ0n) is 12.4. The van der Waals surface area contributed by atoms with Gasteiger partial charge in [-0.3, -0.25) is 4.79 Å². The lowest BCUT2D eigenvalue weighted by Crippen LogP contribution is -2.30. The van der Waals surface area contributed by atoms with E-state index in [9.17, 15) is 9.18 Å². The quantitative estimate of drug-likeness (QED) is 0.651. The second-order valence-electron chi connectivity index (χ2n) is 5.24. The molecule has 114 valence electrons. The van der Waals surface area contributed by atoms with Gasteiger partial charge in [0.1, 0.15) is 5.82 Å². The van der Waals surface area contributed by atoms with Gasteiger partial charge in [-0.15, -0.1) is 0 Å². The van der Waals surface area contributed by atoms with E-state index >= 15 is 0 Å². The first-order valence-electron chi connectivity index (χ1n) is 7.00. The van der Waals surface area contributed by atoms with E-state index in [0.717, 1.165) is 5.56 Å². The Bertz CT molecular complexity index is 675. The zero-order valence-corrected chi connectivity index (χ0v) is 13.2. The highest BCUT2D eigenvalue weighted by atomic mass is 35.5. The largest absolute Gasteiger partial charge is 0.350 e. The average Bonchev–Trinajstić information content (AvgIpc) is 2.47. The molecule has 0 atom stereocenters. The van der Waals surface area contributed by atoms with Gasteiger partial charge in [-0.25, -0.2) is 4.39 Å². The van der Waals surface area contributed by atoms with Crippen LogP contribution in [0.5, 0.6) is 0 Å². The molecule has 0 unspecified atom stereocenters. The van der Waals surface area contributed by atoms with Crippen molar-refractivity contribution < 1.29 is 9.18 Å². The fourth-order valence-electron chi connectivity index (χ4n) is 1.98. The number of hydrogen-bond acceptors (Lipinski definition) is 1. The Morgan fingerprint density at radius 3 is 2.23 bits per heavy atom. The summed E-state index contributed by atoms with van der Waals surface area (Å²) in [6, 6.07) is 13.1. The number of hydrogen-bond donors (Lipinski definition) is 1. The summed E-state index contributed by atoms with van der Waals surface area (Å²) in [5.41, 5.74) is 1.99. The number of rotatable bonds is 4. The van der Waals surface area contributed by atoms with Gasteiger partial charge in [-0.05, 0) is 55.3 Å². The third kappa shape index (κ3) is 4.43. The molecule has 0 saturated heterocycles. The summed E-state index contributed by atoms with van der Waals surface area (Å²) in [5, 5.41) is 3.49. The molecular weight excluding hydrogens is 301 g/mol. The summed E-state index contributed by atoms with van der Waals surface area (Å²) < 4.78 is 13.1. The molecule has 0 fully saturated rings. The molecule has 4 heteroatoms. The Hall–Kier alpha value is -2.13. The monoisotopic (exact) mass is 317 g/mol. The maximum absolute atomic E-state index is 13.1.